The van der Waals surface area contributed by atoms with Gasteiger partial charge in [0.2, 0.25) is 12.7 Å². The number of ether oxygens (including phenoxy) is 2. The van der Waals surface area contributed by atoms with Crippen molar-refractivity contribution in [3.8, 4) is 11.5 Å². The van der Waals surface area contributed by atoms with Crippen LogP contribution in [0.4, 0.5) is 0 Å². The van der Waals surface area contributed by atoms with E-state index in [1.54, 1.807) is 6.20 Å². The third-order valence-electron chi connectivity index (χ3n) is 6.48. The van der Waals surface area contributed by atoms with Crippen molar-refractivity contribution in [2.75, 3.05) is 19.9 Å². The van der Waals surface area contributed by atoms with Crippen LogP contribution in [0.3, 0.4) is 0 Å². The van der Waals surface area contributed by atoms with E-state index < -0.39 is 0 Å². The highest BCUT2D eigenvalue weighted by Crippen LogP contribution is 2.33. The molecule has 2 aromatic carbocycles. The first-order valence-corrected chi connectivity index (χ1v) is 11.5. The van der Waals surface area contributed by atoms with Crippen LogP contribution in [0.1, 0.15) is 41.3 Å². The smallest absolute Gasteiger partial charge is 0.231 e. The second-order valence-corrected chi connectivity index (χ2v) is 8.84. The van der Waals surface area contributed by atoms with Crippen molar-refractivity contribution < 1.29 is 14.3 Å². The Labute approximate surface area is 194 Å². The lowest BCUT2D eigenvalue weighted by Gasteiger charge is -2.32. The van der Waals surface area contributed by atoms with Gasteiger partial charge in [-0.2, -0.15) is 0 Å². The van der Waals surface area contributed by atoms with Gasteiger partial charge in [-0.05, 0) is 68.2 Å². The molecule has 5 rings (SSSR count). The molecule has 3 aromatic rings. The number of amides is 1. The van der Waals surface area contributed by atoms with Gasteiger partial charge in [0.05, 0.1) is 11.7 Å². The van der Waals surface area contributed by atoms with E-state index in [2.05, 4.69) is 58.5 Å². The Hall–Kier alpha value is -3.38. The zero-order valence-corrected chi connectivity index (χ0v) is 18.9. The van der Waals surface area contributed by atoms with Gasteiger partial charge in [-0.15, -0.1) is 0 Å². The summed E-state index contributed by atoms with van der Waals surface area (Å²) in [6.45, 7) is 5.00. The quantitative estimate of drug-likeness (QED) is 0.618. The largest absolute Gasteiger partial charge is 0.454 e. The van der Waals surface area contributed by atoms with Crippen molar-refractivity contribution in [1.82, 2.24) is 15.2 Å². The molecule has 0 bridgehead atoms. The molecule has 1 fully saturated rings. The minimum Gasteiger partial charge on any atom is -0.454 e. The van der Waals surface area contributed by atoms with Crippen molar-refractivity contribution in [2.45, 2.75) is 32.4 Å². The highest BCUT2D eigenvalue weighted by molar-refractivity contribution is 5.79. The summed E-state index contributed by atoms with van der Waals surface area (Å²) in [6.07, 6.45) is 3.47. The number of nitrogens with zero attached hydrogens (tertiary/aromatic N) is 2. The monoisotopic (exact) mass is 443 g/mol. The van der Waals surface area contributed by atoms with E-state index in [1.807, 2.05) is 24.3 Å². The fraction of sp³-hybridized carbons (Fsp3) is 0.333. The number of aromatic nitrogens is 1. The molecular weight excluding hydrogens is 414 g/mol. The highest BCUT2D eigenvalue weighted by Gasteiger charge is 2.28. The number of hydrogen-bond acceptors (Lipinski definition) is 5. The number of fused-ring (bicyclic) bond motifs is 1. The summed E-state index contributed by atoms with van der Waals surface area (Å²) >= 11 is 0. The molecule has 1 amide bonds. The van der Waals surface area contributed by atoms with Gasteiger partial charge in [0.15, 0.2) is 11.5 Å². The van der Waals surface area contributed by atoms with Crippen molar-refractivity contribution in [3.05, 3.63) is 89.2 Å². The molecular formula is C27H29N3O3. The summed E-state index contributed by atoms with van der Waals surface area (Å²) < 4.78 is 10.9. The van der Waals surface area contributed by atoms with Crippen LogP contribution in [-0.2, 0) is 11.3 Å². The van der Waals surface area contributed by atoms with Gasteiger partial charge in [-0.25, -0.2) is 0 Å². The van der Waals surface area contributed by atoms with Gasteiger partial charge in [-0.1, -0.05) is 42.0 Å². The predicted molar refractivity (Wildman–Crippen MR) is 126 cm³/mol. The van der Waals surface area contributed by atoms with Gasteiger partial charge >= 0.3 is 0 Å². The van der Waals surface area contributed by atoms with Crippen LogP contribution in [0.25, 0.3) is 0 Å². The van der Waals surface area contributed by atoms with Crippen molar-refractivity contribution in [3.63, 3.8) is 0 Å². The second-order valence-electron chi connectivity index (χ2n) is 8.84. The van der Waals surface area contributed by atoms with E-state index in [-0.39, 0.29) is 17.9 Å². The normalized spacial score (nSPS) is 17.0. The van der Waals surface area contributed by atoms with Crippen molar-refractivity contribution in [2.24, 2.45) is 5.92 Å². The molecule has 2 aliphatic heterocycles. The Morgan fingerprint density at radius 2 is 1.85 bits per heavy atom. The summed E-state index contributed by atoms with van der Waals surface area (Å²) in [7, 11) is 0. The zero-order valence-electron chi connectivity index (χ0n) is 18.9. The molecule has 0 spiro atoms. The van der Waals surface area contributed by atoms with Gasteiger partial charge < -0.3 is 14.8 Å². The average Bonchev–Trinajstić information content (AvgIpc) is 3.32. The zero-order chi connectivity index (χ0) is 22.6. The first-order valence-electron chi connectivity index (χ1n) is 11.5. The summed E-state index contributed by atoms with van der Waals surface area (Å²) in [5, 5.41) is 3.28. The number of rotatable bonds is 6. The molecule has 2 aliphatic rings. The Balaban J connectivity index is 1.21. The maximum Gasteiger partial charge on any atom is 0.231 e. The molecule has 33 heavy (non-hydrogen) atoms. The van der Waals surface area contributed by atoms with Crippen LogP contribution in [0, 0.1) is 12.8 Å². The number of likely N-dealkylation sites (tertiary alicyclic amines) is 1. The summed E-state index contributed by atoms with van der Waals surface area (Å²) in [6, 6.07) is 20.0. The average molecular weight is 444 g/mol. The molecule has 0 radical (unpaired) electrons. The number of pyridine rings is 1. The van der Waals surface area contributed by atoms with Gasteiger partial charge in [-0.3, -0.25) is 14.7 Å². The first kappa shape index (κ1) is 21.5. The van der Waals surface area contributed by atoms with Gasteiger partial charge in [0.1, 0.15) is 0 Å². The lowest BCUT2D eigenvalue weighted by atomic mass is 9.94. The third-order valence-corrected chi connectivity index (χ3v) is 6.48. The Kier molecular flexibility index (Phi) is 6.26. The van der Waals surface area contributed by atoms with E-state index >= 15 is 0 Å². The van der Waals surface area contributed by atoms with Gasteiger partial charge in [0.25, 0.3) is 0 Å². The van der Waals surface area contributed by atoms with Crippen LogP contribution < -0.4 is 14.8 Å². The maximum absolute atomic E-state index is 13.2. The minimum atomic E-state index is -0.244. The standard InChI is InChI=1S/C27H29N3O3/c1-19-5-8-21(9-6-19)26(23-4-2-3-13-28-23)29-27(31)22-11-14-30(15-12-22)17-20-7-10-24-25(16-20)33-18-32-24/h2-10,13,16,22,26H,11-12,14-15,17-18H2,1H3,(H,29,31). The van der Waals surface area contributed by atoms with E-state index in [0.717, 1.165) is 55.2 Å². The number of hydrogen-bond donors (Lipinski definition) is 1. The molecule has 0 aliphatic carbocycles. The summed E-state index contributed by atoms with van der Waals surface area (Å²) in [4.78, 5) is 20.1. The van der Waals surface area contributed by atoms with E-state index in [0.29, 0.717) is 6.79 Å². The van der Waals surface area contributed by atoms with Crippen LogP contribution in [0.2, 0.25) is 0 Å². The van der Waals surface area contributed by atoms with Crippen LogP contribution in [0.15, 0.2) is 66.9 Å². The number of carbonyl (C=O) groups excluding carboxylic acids is 1. The number of carbonyl (C=O) groups is 1. The molecule has 6 heteroatoms. The minimum absolute atomic E-state index is 0.00895. The number of benzene rings is 2. The molecule has 1 atom stereocenters. The Morgan fingerprint density at radius 1 is 1.06 bits per heavy atom. The third kappa shape index (κ3) is 5.01. The predicted octanol–water partition coefficient (Wildman–Crippen LogP) is 4.24. The van der Waals surface area contributed by atoms with Crippen molar-refractivity contribution in [1.29, 1.82) is 0 Å². The molecule has 3 heterocycles. The van der Waals surface area contributed by atoms with E-state index in [1.165, 1.54) is 11.1 Å². The molecule has 1 unspecified atom stereocenters. The fourth-order valence-electron chi connectivity index (χ4n) is 4.54. The molecule has 170 valence electrons. The fourth-order valence-corrected chi connectivity index (χ4v) is 4.54. The van der Waals surface area contributed by atoms with Crippen molar-refractivity contribution >= 4 is 5.91 Å². The SMILES string of the molecule is Cc1ccc(C(NC(=O)C2CCN(Cc3ccc4c(c3)OCO4)CC2)c2ccccn2)cc1. The second kappa shape index (κ2) is 9.63. The number of aryl methyl sites for hydroxylation is 1. The van der Waals surface area contributed by atoms with Crippen LogP contribution in [-0.4, -0.2) is 35.7 Å². The Bertz CT molecular complexity index is 1090. The molecule has 1 N–H and O–H groups in total. The molecule has 6 nitrogen and oxygen atoms in total. The topological polar surface area (TPSA) is 63.7 Å². The lowest BCUT2D eigenvalue weighted by molar-refractivity contribution is -0.127. The van der Waals surface area contributed by atoms with Crippen LogP contribution >= 0.6 is 0 Å². The highest BCUT2D eigenvalue weighted by atomic mass is 16.7. The number of nitrogens with one attached hydrogen (secondary N) is 1. The van der Waals surface area contributed by atoms with Crippen LogP contribution in [0.5, 0.6) is 11.5 Å². The van der Waals surface area contributed by atoms with E-state index in [4.69, 9.17) is 9.47 Å². The van der Waals surface area contributed by atoms with E-state index in [9.17, 15) is 4.79 Å². The molecule has 1 aromatic heterocycles. The maximum atomic E-state index is 13.2. The summed E-state index contributed by atoms with van der Waals surface area (Å²) in [5.41, 5.74) is 4.30. The van der Waals surface area contributed by atoms with Gasteiger partial charge in [0, 0.05) is 18.7 Å². The molecule has 0 saturated carbocycles. The lowest BCUT2D eigenvalue weighted by Crippen LogP contribution is -2.41. The molecule has 1 saturated heterocycles. The number of piperidine rings is 1. The summed E-state index contributed by atoms with van der Waals surface area (Å²) in [5.74, 6) is 1.74. The first-order chi connectivity index (χ1) is 16.2. The Morgan fingerprint density at radius 3 is 2.61 bits per heavy atom.